The van der Waals surface area contributed by atoms with Gasteiger partial charge in [0.2, 0.25) is 0 Å². The zero-order valence-electron chi connectivity index (χ0n) is 41.3. The van der Waals surface area contributed by atoms with Crippen LogP contribution in [0, 0.1) is 59.2 Å². The van der Waals surface area contributed by atoms with Gasteiger partial charge in [0.15, 0.2) is 0 Å². The fraction of sp³-hybridized carbons (Fsp3) is 0.786. The third kappa shape index (κ3) is 8.88. The van der Waals surface area contributed by atoms with Crippen LogP contribution in [0.15, 0.2) is 36.4 Å². The largest absolute Gasteiger partial charge is 0.0689 e. The van der Waals surface area contributed by atoms with E-state index in [9.17, 15) is 0 Å². The molecule has 2 aromatic rings. The van der Waals surface area contributed by atoms with Gasteiger partial charge < -0.3 is 0 Å². The van der Waals surface area contributed by atoms with Gasteiger partial charge in [-0.1, -0.05) is 174 Å². The van der Waals surface area contributed by atoms with Gasteiger partial charge in [0.25, 0.3) is 0 Å². The molecule has 0 N–H and O–H groups in total. The molecular weight excluding hydrogens is 701 g/mol. The fourth-order valence-electron chi connectivity index (χ4n) is 14.5. The Morgan fingerprint density at radius 3 is 0.947 bits per heavy atom. The Bertz CT molecular complexity index is 1520. The number of fused-ring (bicyclic) bond motifs is 2. The Hall–Kier alpha value is -1.34. The van der Waals surface area contributed by atoms with Gasteiger partial charge >= 0.3 is 0 Å². The summed E-state index contributed by atoms with van der Waals surface area (Å²) in [5.41, 5.74) is 12.1. The highest BCUT2D eigenvalue weighted by Gasteiger charge is 2.61. The molecule has 57 heavy (non-hydrogen) atoms. The molecule has 4 aliphatic rings. The van der Waals surface area contributed by atoms with Crippen LogP contribution in [0.5, 0.6) is 0 Å². The zero-order valence-corrected chi connectivity index (χ0v) is 42.3. The number of benzene rings is 2. The maximum Gasteiger partial charge on any atom is 0.0546 e. The van der Waals surface area contributed by atoms with E-state index in [-0.39, 0.29) is 21.7 Å². The van der Waals surface area contributed by atoms with Gasteiger partial charge in [-0.25, -0.2) is 0 Å². The van der Waals surface area contributed by atoms with E-state index in [1.54, 1.807) is 33.4 Å². The van der Waals surface area contributed by atoms with Crippen molar-refractivity contribution in [2.75, 3.05) is 0 Å². The minimum Gasteiger partial charge on any atom is -0.0689 e. The van der Waals surface area contributed by atoms with Crippen LogP contribution in [0.2, 0.25) is 24.2 Å². The Kier molecular flexibility index (Phi) is 12.3. The van der Waals surface area contributed by atoms with Gasteiger partial charge in [-0.15, -0.1) is 0 Å². The topological polar surface area (TPSA) is 0 Å². The summed E-state index contributed by atoms with van der Waals surface area (Å²) in [7, 11) is -1.73. The first-order valence-corrected chi connectivity index (χ1v) is 27.5. The van der Waals surface area contributed by atoms with Gasteiger partial charge in [0.05, 0.1) is 8.07 Å². The second kappa shape index (κ2) is 15.5. The van der Waals surface area contributed by atoms with Crippen molar-refractivity contribution in [2.45, 2.75) is 221 Å². The van der Waals surface area contributed by atoms with Crippen LogP contribution in [-0.2, 0) is 21.7 Å². The van der Waals surface area contributed by atoms with Crippen molar-refractivity contribution in [3.63, 3.8) is 0 Å². The highest BCUT2D eigenvalue weighted by Crippen LogP contribution is 2.69. The molecule has 0 bridgehead atoms. The monoisotopic (exact) mass is 793 g/mol. The lowest BCUT2D eigenvalue weighted by atomic mass is 9.63. The van der Waals surface area contributed by atoms with E-state index in [4.69, 9.17) is 0 Å². The van der Waals surface area contributed by atoms with Gasteiger partial charge in [0, 0.05) is 0 Å². The first kappa shape index (κ1) is 45.2. The minimum atomic E-state index is -1.73. The second-order valence-corrected chi connectivity index (χ2v) is 31.8. The van der Waals surface area contributed by atoms with Crippen LogP contribution in [0.25, 0.3) is 0 Å². The Labute approximate surface area is 356 Å². The molecule has 0 saturated heterocycles. The van der Waals surface area contributed by atoms with Crippen molar-refractivity contribution in [1.82, 2.24) is 0 Å². The van der Waals surface area contributed by atoms with Crippen LogP contribution in [-0.4, -0.2) is 8.07 Å². The average Bonchev–Trinajstić information content (AvgIpc) is 3.61. The second-order valence-electron chi connectivity index (χ2n) is 26.8. The normalized spacial score (nSPS) is 34.2. The molecule has 0 radical (unpaired) electrons. The maximum absolute atomic E-state index is 2.96. The predicted octanol–water partition coefficient (Wildman–Crippen LogP) is 16.9. The van der Waals surface area contributed by atoms with Crippen molar-refractivity contribution < 1.29 is 0 Å². The lowest BCUT2D eigenvalue weighted by Crippen LogP contribution is -2.48. The molecule has 320 valence electrons. The molecular formula is C56H92Si. The van der Waals surface area contributed by atoms with E-state index in [0.717, 1.165) is 70.3 Å². The predicted molar refractivity (Wildman–Crippen MR) is 255 cm³/mol. The van der Waals surface area contributed by atoms with Gasteiger partial charge in [-0.2, -0.15) is 0 Å². The molecule has 0 heterocycles. The molecule has 4 aliphatic carbocycles. The van der Waals surface area contributed by atoms with Crippen LogP contribution in [0.4, 0.5) is 0 Å². The smallest absolute Gasteiger partial charge is 0.0546 e. The summed E-state index contributed by atoms with van der Waals surface area (Å²) in [5.74, 6) is 9.67. The third-order valence-electron chi connectivity index (χ3n) is 17.7. The van der Waals surface area contributed by atoms with Crippen LogP contribution >= 0.6 is 0 Å². The summed E-state index contributed by atoms with van der Waals surface area (Å²) >= 11 is 0. The summed E-state index contributed by atoms with van der Waals surface area (Å²) < 4.78 is 0. The summed E-state index contributed by atoms with van der Waals surface area (Å²) in [6, 6.07) is 15.9. The highest BCUT2D eigenvalue weighted by molar-refractivity contribution is 6.80. The molecule has 4 fully saturated rings. The Morgan fingerprint density at radius 2 is 0.702 bits per heavy atom. The zero-order chi connectivity index (χ0) is 42.5. The Balaban J connectivity index is 1.40. The molecule has 4 saturated carbocycles. The van der Waals surface area contributed by atoms with E-state index < -0.39 is 8.07 Å². The molecule has 12 unspecified atom stereocenters. The van der Waals surface area contributed by atoms with Crippen molar-refractivity contribution in [2.24, 2.45) is 59.2 Å². The van der Waals surface area contributed by atoms with Crippen molar-refractivity contribution in [3.05, 3.63) is 69.8 Å². The van der Waals surface area contributed by atoms with Gasteiger partial charge in [-0.3, -0.25) is 0 Å². The molecule has 0 aromatic heterocycles. The minimum absolute atomic E-state index is 0.158. The molecule has 6 rings (SSSR count). The Morgan fingerprint density at radius 1 is 0.421 bits per heavy atom. The molecule has 2 aromatic carbocycles. The van der Waals surface area contributed by atoms with Crippen LogP contribution in [0.3, 0.4) is 0 Å². The van der Waals surface area contributed by atoms with Crippen LogP contribution < -0.4 is 0 Å². The average molecular weight is 793 g/mol. The summed E-state index contributed by atoms with van der Waals surface area (Å²) in [6.07, 6.45) is 8.66. The van der Waals surface area contributed by atoms with E-state index >= 15 is 0 Å². The standard InChI is InChI=1S/C56H92Si/c1-33(2)37-27-45(39-23-41(53(7,8)9)31-42(24-39)54(10,11)12)47-21-35(5)51(49(47)29-37)57(19,20)52-36(6)22-48-46(28-38(34(3)4)30-50(48)52)40-25-43(55(13,14)15)32-44(26-40)56(16,17)18/h23-26,31-38,45-52H,21-22,27-30H2,1-20H3. The van der Waals surface area contributed by atoms with Gasteiger partial charge in [0.1, 0.15) is 0 Å². The number of hydrogen-bond donors (Lipinski definition) is 0. The highest BCUT2D eigenvalue weighted by atomic mass is 28.3. The molecule has 1 heteroatoms. The van der Waals surface area contributed by atoms with E-state index in [0.29, 0.717) is 11.8 Å². The molecule has 0 amide bonds. The first-order chi connectivity index (χ1) is 26.0. The lowest BCUT2D eigenvalue weighted by molar-refractivity contribution is 0.136. The van der Waals surface area contributed by atoms with Gasteiger partial charge in [-0.05, 0) is 176 Å². The summed E-state index contributed by atoms with van der Waals surface area (Å²) in [5, 5.41) is 0. The maximum atomic E-state index is 2.96. The van der Waals surface area contributed by atoms with E-state index in [1.165, 1.54) is 38.5 Å². The van der Waals surface area contributed by atoms with Crippen molar-refractivity contribution in [1.29, 1.82) is 0 Å². The summed E-state index contributed by atoms with van der Waals surface area (Å²) in [4.78, 5) is 0. The third-order valence-corrected chi connectivity index (χ3v) is 23.1. The SMILES string of the molecule is CC(C)C1CC(c2cc(C(C)(C)C)cc(C(C)(C)C)c2)C2CC(C)C([Si](C)(C)C3C(C)CC4C(c5cc(C(C)(C)C)cc(C(C)(C)C)c5)CC(C(C)C)CC43)C2C1. The van der Waals surface area contributed by atoms with Crippen molar-refractivity contribution >= 4 is 8.07 Å². The summed E-state index contributed by atoms with van der Waals surface area (Å²) in [6.45, 7) is 50.8. The quantitative estimate of drug-likeness (QED) is 0.256. The molecule has 12 atom stereocenters. The number of rotatable bonds is 6. The fourth-order valence-corrected chi connectivity index (χ4v) is 21.1. The van der Waals surface area contributed by atoms with E-state index in [2.05, 4.69) is 174 Å². The first-order valence-electron chi connectivity index (χ1n) is 24.3. The molecule has 0 nitrogen and oxygen atoms in total. The van der Waals surface area contributed by atoms with E-state index in [1.807, 2.05) is 0 Å². The number of hydrogen-bond acceptors (Lipinski definition) is 0. The van der Waals surface area contributed by atoms with Crippen molar-refractivity contribution in [3.8, 4) is 0 Å². The molecule has 0 spiro atoms. The lowest BCUT2D eigenvalue weighted by Gasteiger charge is -2.51. The molecule has 0 aliphatic heterocycles. The van der Waals surface area contributed by atoms with Crippen LogP contribution in [0.1, 0.15) is 208 Å².